The van der Waals surface area contributed by atoms with E-state index in [2.05, 4.69) is 15.3 Å². The number of halogens is 1. The van der Waals surface area contributed by atoms with Crippen LogP contribution in [0, 0.1) is 12.8 Å². The van der Waals surface area contributed by atoms with E-state index in [1.54, 1.807) is 19.1 Å². The molecule has 1 aromatic carbocycles. The molecule has 1 amide bonds. The minimum absolute atomic E-state index is 0.0144. The van der Waals surface area contributed by atoms with E-state index in [0.717, 1.165) is 5.56 Å². The first-order chi connectivity index (χ1) is 10.0. The quantitative estimate of drug-likeness (QED) is 0.793. The molecular weight excluding hydrogens is 290 g/mol. The molecule has 1 atom stereocenters. The Kier molecular flexibility index (Phi) is 4.98. The van der Waals surface area contributed by atoms with Crippen LogP contribution >= 0.6 is 11.6 Å². The van der Waals surface area contributed by atoms with Gasteiger partial charge in [-0.25, -0.2) is 4.98 Å². The lowest BCUT2D eigenvalue weighted by Crippen LogP contribution is -2.30. The highest BCUT2D eigenvalue weighted by Crippen LogP contribution is 2.21. The average molecular weight is 308 g/mol. The largest absolute Gasteiger partial charge is 0.396 e. The van der Waals surface area contributed by atoms with E-state index in [-0.39, 0.29) is 18.4 Å². The van der Waals surface area contributed by atoms with Crippen LogP contribution in [0.25, 0.3) is 11.4 Å². The molecule has 1 aromatic heterocycles. The van der Waals surface area contributed by atoms with Crippen LogP contribution in [0.4, 0.5) is 0 Å². The van der Waals surface area contributed by atoms with Crippen molar-refractivity contribution in [1.82, 2.24) is 15.3 Å². The van der Waals surface area contributed by atoms with Crippen LogP contribution in [-0.2, 0) is 0 Å². The molecule has 0 aliphatic carbocycles. The zero-order chi connectivity index (χ0) is 15.4. The lowest BCUT2D eigenvalue weighted by molar-refractivity contribution is 0.0937. The maximum Gasteiger partial charge on any atom is 0.271 e. The van der Waals surface area contributed by atoms with Crippen molar-refractivity contribution in [3.63, 3.8) is 0 Å². The Morgan fingerprint density at radius 1 is 1.52 bits per heavy atom. The molecule has 3 N–H and O–H groups in total. The van der Waals surface area contributed by atoms with Crippen molar-refractivity contribution in [3.05, 3.63) is 40.7 Å². The van der Waals surface area contributed by atoms with Crippen LogP contribution in [0.1, 0.15) is 23.1 Å². The van der Waals surface area contributed by atoms with Crippen LogP contribution in [0.2, 0.25) is 5.02 Å². The topological polar surface area (TPSA) is 78.0 Å². The van der Waals surface area contributed by atoms with Gasteiger partial charge in [-0.2, -0.15) is 0 Å². The molecule has 0 saturated carbocycles. The average Bonchev–Trinajstić information content (AvgIpc) is 2.86. The molecule has 21 heavy (non-hydrogen) atoms. The monoisotopic (exact) mass is 307 g/mol. The Hall–Kier alpha value is -1.85. The van der Waals surface area contributed by atoms with E-state index in [9.17, 15) is 4.79 Å². The van der Waals surface area contributed by atoms with Crippen molar-refractivity contribution < 1.29 is 9.90 Å². The van der Waals surface area contributed by atoms with Gasteiger partial charge < -0.3 is 15.4 Å². The number of aryl methyl sites for hydroxylation is 1. The van der Waals surface area contributed by atoms with Crippen LogP contribution in [-0.4, -0.2) is 34.1 Å². The number of hydrogen-bond acceptors (Lipinski definition) is 3. The molecule has 5 nitrogen and oxygen atoms in total. The second-order valence-electron chi connectivity index (χ2n) is 5.07. The van der Waals surface area contributed by atoms with E-state index in [1.807, 2.05) is 19.1 Å². The highest BCUT2D eigenvalue weighted by Gasteiger charge is 2.16. The molecule has 0 bridgehead atoms. The minimum Gasteiger partial charge on any atom is -0.396 e. The predicted molar refractivity (Wildman–Crippen MR) is 82.4 cm³/mol. The van der Waals surface area contributed by atoms with Crippen molar-refractivity contribution >= 4 is 17.5 Å². The third-order valence-electron chi connectivity index (χ3n) is 3.12. The molecule has 112 valence electrons. The number of aromatic nitrogens is 2. The standard InChI is InChI=1S/C15H18ClN3O2/c1-9(8-20)7-17-15(21)13-10(2)18-14(19-13)11-4-3-5-12(16)6-11/h3-6,9,20H,7-8H2,1-2H3,(H,17,21)(H,18,19). The van der Waals surface area contributed by atoms with Gasteiger partial charge in [0.25, 0.3) is 5.91 Å². The molecule has 0 saturated heterocycles. The number of rotatable bonds is 5. The zero-order valence-electron chi connectivity index (χ0n) is 12.0. The van der Waals surface area contributed by atoms with E-state index in [4.69, 9.17) is 16.7 Å². The first-order valence-electron chi connectivity index (χ1n) is 6.73. The number of nitrogens with one attached hydrogen (secondary N) is 2. The smallest absolute Gasteiger partial charge is 0.271 e. The molecule has 0 radical (unpaired) electrons. The maximum atomic E-state index is 12.1. The zero-order valence-corrected chi connectivity index (χ0v) is 12.7. The maximum absolute atomic E-state index is 12.1. The number of aliphatic hydroxyl groups excluding tert-OH is 1. The van der Waals surface area contributed by atoms with Crippen LogP contribution in [0.15, 0.2) is 24.3 Å². The Labute approximate surface area is 128 Å². The van der Waals surface area contributed by atoms with Gasteiger partial charge in [0.15, 0.2) is 0 Å². The summed E-state index contributed by atoms with van der Waals surface area (Å²) in [4.78, 5) is 19.5. The molecule has 2 rings (SSSR count). The normalized spacial score (nSPS) is 12.2. The molecule has 1 heterocycles. The van der Waals surface area contributed by atoms with Gasteiger partial charge >= 0.3 is 0 Å². The number of H-pyrrole nitrogens is 1. The molecule has 2 aromatic rings. The summed E-state index contributed by atoms with van der Waals surface area (Å²) in [6.45, 7) is 4.10. The van der Waals surface area contributed by atoms with Gasteiger partial charge in [0.05, 0.1) is 0 Å². The summed E-state index contributed by atoms with van der Waals surface area (Å²) in [7, 11) is 0. The number of aliphatic hydroxyl groups is 1. The molecule has 6 heteroatoms. The summed E-state index contributed by atoms with van der Waals surface area (Å²) in [5, 5.41) is 12.3. The molecule has 0 aliphatic rings. The first-order valence-corrected chi connectivity index (χ1v) is 7.10. The van der Waals surface area contributed by atoms with Crippen molar-refractivity contribution in [2.24, 2.45) is 5.92 Å². The molecular formula is C15H18ClN3O2. The third-order valence-corrected chi connectivity index (χ3v) is 3.36. The van der Waals surface area contributed by atoms with E-state index in [1.165, 1.54) is 0 Å². The number of benzene rings is 1. The Morgan fingerprint density at radius 2 is 2.29 bits per heavy atom. The number of nitrogens with zero attached hydrogens (tertiary/aromatic N) is 1. The van der Waals surface area contributed by atoms with Crippen LogP contribution in [0.3, 0.4) is 0 Å². The fraction of sp³-hybridized carbons (Fsp3) is 0.333. The van der Waals surface area contributed by atoms with E-state index in [0.29, 0.717) is 28.8 Å². The molecule has 0 spiro atoms. The van der Waals surface area contributed by atoms with Gasteiger partial charge in [-0.1, -0.05) is 30.7 Å². The number of hydrogen-bond donors (Lipinski definition) is 3. The highest BCUT2D eigenvalue weighted by atomic mass is 35.5. The number of carbonyl (C=O) groups excluding carboxylic acids is 1. The minimum atomic E-state index is -0.252. The van der Waals surface area contributed by atoms with E-state index < -0.39 is 0 Å². The fourth-order valence-corrected chi connectivity index (χ4v) is 2.06. The van der Waals surface area contributed by atoms with Gasteiger partial charge in [0.1, 0.15) is 11.5 Å². The van der Waals surface area contributed by atoms with Crippen molar-refractivity contribution in [2.75, 3.05) is 13.2 Å². The van der Waals surface area contributed by atoms with Crippen molar-refractivity contribution in [2.45, 2.75) is 13.8 Å². The second-order valence-corrected chi connectivity index (χ2v) is 5.50. The van der Waals surface area contributed by atoms with Gasteiger partial charge in [0.2, 0.25) is 0 Å². The van der Waals surface area contributed by atoms with Crippen LogP contribution < -0.4 is 5.32 Å². The molecule has 1 unspecified atom stereocenters. The number of carbonyl (C=O) groups is 1. The van der Waals surface area contributed by atoms with Gasteiger partial charge in [-0.05, 0) is 25.0 Å². The number of imidazole rings is 1. The van der Waals surface area contributed by atoms with E-state index >= 15 is 0 Å². The van der Waals surface area contributed by atoms with Crippen LogP contribution in [0.5, 0.6) is 0 Å². The Bertz CT molecular complexity index is 640. The number of aromatic amines is 1. The lowest BCUT2D eigenvalue weighted by atomic mass is 10.2. The van der Waals surface area contributed by atoms with Gasteiger partial charge in [0, 0.05) is 29.4 Å². The van der Waals surface area contributed by atoms with Crippen molar-refractivity contribution in [3.8, 4) is 11.4 Å². The summed E-state index contributed by atoms with van der Waals surface area (Å²) < 4.78 is 0. The lowest BCUT2D eigenvalue weighted by Gasteiger charge is -2.08. The summed E-state index contributed by atoms with van der Waals surface area (Å²) in [5.74, 6) is 0.369. The highest BCUT2D eigenvalue weighted by molar-refractivity contribution is 6.30. The second kappa shape index (κ2) is 6.74. The van der Waals surface area contributed by atoms with Gasteiger partial charge in [-0.3, -0.25) is 4.79 Å². The third kappa shape index (κ3) is 3.83. The first kappa shape index (κ1) is 15.5. The molecule has 0 fully saturated rings. The van der Waals surface area contributed by atoms with Crippen molar-refractivity contribution in [1.29, 1.82) is 0 Å². The summed E-state index contributed by atoms with van der Waals surface area (Å²) in [5.41, 5.74) is 1.88. The Morgan fingerprint density at radius 3 is 2.95 bits per heavy atom. The summed E-state index contributed by atoms with van der Waals surface area (Å²) in [6.07, 6.45) is 0. The summed E-state index contributed by atoms with van der Waals surface area (Å²) >= 11 is 5.96. The fourth-order valence-electron chi connectivity index (χ4n) is 1.87. The Balaban J connectivity index is 2.17. The molecule has 0 aliphatic heterocycles. The SMILES string of the molecule is Cc1[nH]c(-c2cccc(Cl)c2)nc1C(=O)NCC(C)CO. The van der Waals surface area contributed by atoms with Gasteiger partial charge in [-0.15, -0.1) is 0 Å². The number of amides is 1. The summed E-state index contributed by atoms with van der Waals surface area (Å²) in [6, 6.07) is 7.28. The predicted octanol–water partition coefficient (Wildman–Crippen LogP) is 2.40.